The lowest BCUT2D eigenvalue weighted by Crippen LogP contribution is -2.11. The zero-order chi connectivity index (χ0) is 11.9. The number of hydrogen-bond donors (Lipinski definition) is 0. The Labute approximate surface area is 101 Å². The third-order valence-electron chi connectivity index (χ3n) is 3.61. The second-order valence-electron chi connectivity index (χ2n) is 5.10. The topological polar surface area (TPSA) is 64.8 Å². The van der Waals surface area contributed by atoms with Crippen molar-refractivity contribution < 1.29 is 8.42 Å². The normalized spacial score (nSPS) is 26.9. The number of aryl methyl sites for hydroxylation is 2. The van der Waals surface area contributed by atoms with Crippen LogP contribution in [0.5, 0.6) is 0 Å². The lowest BCUT2D eigenvalue weighted by atomic mass is 10.1. The Morgan fingerprint density at radius 2 is 2.24 bits per heavy atom. The molecule has 0 amide bonds. The molecule has 5 nitrogen and oxygen atoms in total. The van der Waals surface area contributed by atoms with Crippen molar-refractivity contribution in [2.75, 3.05) is 11.5 Å². The van der Waals surface area contributed by atoms with Gasteiger partial charge in [0.2, 0.25) is 0 Å². The highest BCUT2D eigenvalue weighted by Crippen LogP contribution is 2.22. The highest BCUT2D eigenvalue weighted by molar-refractivity contribution is 7.91. The lowest BCUT2D eigenvalue weighted by molar-refractivity contribution is 0.475. The van der Waals surface area contributed by atoms with Gasteiger partial charge in [-0.1, -0.05) is 0 Å². The summed E-state index contributed by atoms with van der Waals surface area (Å²) in [5, 5.41) is 4.47. The molecule has 1 aromatic rings. The third-order valence-corrected chi connectivity index (χ3v) is 5.45. The first-order chi connectivity index (χ1) is 8.12. The molecule has 2 aliphatic rings. The van der Waals surface area contributed by atoms with E-state index in [9.17, 15) is 8.42 Å². The van der Waals surface area contributed by atoms with Crippen LogP contribution in [0.1, 0.15) is 30.9 Å². The van der Waals surface area contributed by atoms with Crippen molar-refractivity contribution in [2.24, 2.45) is 5.92 Å². The Balaban J connectivity index is 1.71. The average Bonchev–Trinajstić information content (AvgIpc) is 2.81. The van der Waals surface area contributed by atoms with Crippen LogP contribution in [-0.4, -0.2) is 34.7 Å². The molecule has 6 heteroatoms. The van der Waals surface area contributed by atoms with Gasteiger partial charge in [-0.05, 0) is 25.2 Å². The van der Waals surface area contributed by atoms with Crippen LogP contribution in [0, 0.1) is 5.92 Å². The minimum Gasteiger partial charge on any atom is -0.250 e. The molecule has 0 spiro atoms. The SMILES string of the molecule is O=S1(=O)CCC(Cc2nc3n(n2)CCCC3)C1. The third kappa shape index (κ3) is 2.36. The summed E-state index contributed by atoms with van der Waals surface area (Å²) in [5.41, 5.74) is 0. The van der Waals surface area contributed by atoms with Gasteiger partial charge in [-0.2, -0.15) is 5.10 Å². The van der Waals surface area contributed by atoms with E-state index in [4.69, 9.17) is 0 Å². The van der Waals surface area contributed by atoms with Gasteiger partial charge in [-0.3, -0.25) is 0 Å². The summed E-state index contributed by atoms with van der Waals surface area (Å²) >= 11 is 0. The molecule has 0 bridgehead atoms. The number of sulfone groups is 1. The molecule has 17 heavy (non-hydrogen) atoms. The van der Waals surface area contributed by atoms with E-state index in [1.807, 2.05) is 4.68 Å². The monoisotopic (exact) mass is 255 g/mol. The predicted molar refractivity (Wildman–Crippen MR) is 63.4 cm³/mol. The first-order valence-corrected chi connectivity index (χ1v) is 8.07. The standard InChI is InChI=1S/C11H17N3O2S/c15-17(16)6-4-9(8-17)7-10-12-11-3-1-2-5-14(11)13-10/h9H,1-8H2. The molecule has 0 aliphatic carbocycles. The Bertz CT molecular complexity index is 497. The molecular formula is C11H17N3O2S. The van der Waals surface area contributed by atoms with E-state index in [2.05, 4.69) is 10.1 Å². The average molecular weight is 255 g/mol. The summed E-state index contributed by atoms with van der Waals surface area (Å²) in [6.45, 7) is 0.964. The van der Waals surface area contributed by atoms with E-state index in [-0.39, 0.29) is 5.92 Å². The molecule has 3 rings (SSSR count). The number of hydrogen-bond acceptors (Lipinski definition) is 4. The second-order valence-corrected chi connectivity index (χ2v) is 7.33. The zero-order valence-corrected chi connectivity index (χ0v) is 10.6. The van der Waals surface area contributed by atoms with Gasteiger partial charge in [0.15, 0.2) is 15.7 Å². The maximum Gasteiger partial charge on any atom is 0.151 e. The molecule has 94 valence electrons. The lowest BCUT2D eigenvalue weighted by Gasteiger charge is -2.09. The highest BCUT2D eigenvalue weighted by atomic mass is 32.2. The molecule has 1 fully saturated rings. The number of fused-ring (bicyclic) bond motifs is 1. The van der Waals surface area contributed by atoms with Crippen LogP contribution in [-0.2, 0) is 29.2 Å². The molecular weight excluding hydrogens is 238 g/mol. The Morgan fingerprint density at radius 1 is 1.35 bits per heavy atom. The number of rotatable bonds is 2. The van der Waals surface area contributed by atoms with Crippen molar-refractivity contribution in [1.29, 1.82) is 0 Å². The minimum absolute atomic E-state index is 0.226. The van der Waals surface area contributed by atoms with Gasteiger partial charge in [0.25, 0.3) is 0 Å². The summed E-state index contributed by atoms with van der Waals surface area (Å²) in [6.07, 6.45) is 4.87. The molecule has 0 saturated carbocycles. The maximum absolute atomic E-state index is 11.4. The van der Waals surface area contributed by atoms with Gasteiger partial charge in [0, 0.05) is 19.4 Å². The summed E-state index contributed by atoms with van der Waals surface area (Å²) in [6, 6.07) is 0. The summed E-state index contributed by atoms with van der Waals surface area (Å²) in [7, 11) is -2.78. The summed E-state index contributed by atoms with van der Waals surface area (Å²) < 4.78 is 24.7. The molecule has 2 aliphatic heterocycles. The molecule has 1 aromatic heterocycles. The predicted octanol–water partition coefficient (Wildman–Crippen LogP) is 0.592. The number of nitrogens with zero attached hydrogens (tertiary/aromatic N) is 3. The molecule has 0 aromatic carbocycles. The van der Waals surface area contributed by atoms with E-state index in [0.29, 0.717) is 11.5 Å². The quantitative estimate of drug-likeness (QED) is 0.776. The van der Waals surface area contributed by atoms with E-state index in [1.54, 1.807) is 0 Å². The minimum atomic E-state index is -2.78. The van der Waals surface area contributed by atoms with E-state index in [0.717, 1.165) is 37.5 Å². The van der Waals surface area contributed by atoms with E-state index in [1.165, 1.54) is 12.8 Å². The second kappa shape index (κ2) is 4.08. The first kappa shape index (κ1) is 11.2. The van der Waals surface area contributed by atoms with Crippen molar-refractivity contribution in [1.82, 2.24) is 14.8 Å². The van der Waals surface area contributed by atoms with Crippen LogP contribution in [0.15, 0.2) is 0 Å². The van der Waals surface area contributed by atoms with Gasteiger partial charge in [0.1, 0.15) is 5.82 Å². The van der Waals surface area contributed by atoms with Crippen LogP contribution >= 0.6 is 0 Å². The van der Waals surface area contributed by atoms with Crippen molar-refractivity contribution in [3.05, 3.63) is 11.6 Å². The van der Waals surface area contributed by atoms with Crippen molar-refractivity contribution in [3.8, 4) is 0 Å². The summed E-state index contributed by atoms with van der Waals surface area (Å²) in [5.74, 6) is 2.79. The fourth-order valence-electron chi connectivity index (χ4n) is 2.71. The van der Waals surface area contributed by atoms with E-state index < -0.39 is 9.84 Å². The van der Waals surface area contributed by atoms with Crippen LogP contribution in [0.25, 0.3) is 0 Å². The van der Waals surface area contributed by atoms with Gasteiger partial charge >= 0.3 is 0 Å². The zero-order valence-electron chi connectivity index (χ0n) is 9.80. The van der Waals surface area contributed by atoms with Crippen LogP contribution in [0.2, 0.25) is 0 Å². The van der Waals surface area contributed by atoms with Crippen LogP contribution in [0.3, 0.4) is 0 Å². The highest BCUT2D eigenvalue weighted by Gasteiger charge is 2.29. The Kier molecular flexibility index (Phi) is 2.69. The maximum atomic E-state index is 11.4. The molecule has 1 saturated heterocycles. The van der Waals surface area contributed by atoms with Gasteiger partial charge in [0.05, 0.1) is 11.5 Å². The molecule has 1 atom stereocenters. The smallest absolute Gasteiger partial charge is 0.151 e. The van der Waals surface area contributed by atoms with Gasteiger partial charge < -0.3 is 0 Å². The first-order valence-electron chi connectivity index (χ1n) is 6.25. The van der Waals surface area contributed by atoms with Crippen molar-refractivity contribution in [3.63, 3.8) is 0 Å². The molecule has 1 unspecified atom stereocenters. The van der Waals surface area contributed by atoms with Gasteiger partial charge in [-0.15, -0.1) is 0 Å². The fraction of sp³-hybridized carbons (Fsp3) is 0.818. The van der Waals surface area contributed by atoms with E-state index >= 15 is 0 Å². The van der Waals surface area contributed by atoms with Crippen LogP contribution in [0.4, 0.5) is 0 Å². The number of aromatic nitrogens is 3. The molecule has 0 radical (unpaired) electrons. The van der Waals surface area contributed by atoms with Crippen molar-refractivity contribution >= 4 is 9.84 Å². The fourth-order valence-corrected chi connectivity index (χ4v) is 4.57. The Hall–Kier alpha value is -0.910. The largest absolute Gasteiger partial charge is 0.250 e. The molecule has 0 N–H and O–H groups in total. The molecule has 3 heterocycles. The van der Waals surface area contributed by atoms with Crippen molar-refractivity contribution in [2.45, 2.75) is 38.6 Å². The van der Waals surface area contributed by atoms with Gasteiger partial charge in [-0.25, -0.2) is 18.1 Å². The van der Waals surface area contributed by atoms with Crippen LogP contribution < -0.4 is 0 Å². The summed E-state index contributed by atoms with van der Waals surface area (Å²) in [4.78, 5) is 4.52. The Morgan fingerprint density at radius 3 is 2.94 bits per heavy atom.